The minimum atomic E-state index is 0. The number of fused-ring (bicyclic) bond motifs is 3. The number of aromatic nitrogens is 1. The van der Waals surface area contributed by atoms with Gasteiger partial charge >= 0.3 is 5.13 Å². The summed E-state index contributed by atoms with van der Waals surface area (Å²) in [5, 5.41) is 16.7. The number of benzene rings is 3. The zero-order valence-corrected chi connectivity index (χ0v) is 14.0. The molecule has 0 aliphatic rings. The van der Waals surface area contributed by atoms with Gasteiger partial charge in [0, 0.05) is 16.3 Å². The van der Waals surface area contributed by atoms with E-state index in [0.29, 0.717) is 5.75 Å². The van der Waals surface area contributed by atoms with Crippen LogP contribution in [0.15, 0.2) is 54.6 Å². The maximum absolute atomic E-state index is 10.4. The predicted octanol–water partition coefficient (Wildman–Crippen LogP) is 1.63. The van der Waals surface area contributed by atoms with Crippen molar-refractivity contribution in [1.29, 1.82) is 0 Å². The normalized spacial score (nSPS) is 10.7. The number of phenols is 1. The molecule has 3 N–H and O–H groups in total. The summed E-state index contributed by atoms with van der Waals surface area (Å²) in [6, 6.07) is 18.0. The summed E-state index contributed by atoms with van der Waals surface area (Å²) in [5.41, 5.74) is 3.02. The molecule has 4 aromatic rings. The number of hydrogen-bond acceptors (Lipinski definition) is 3. The lowest BCUT2D eigenvalue weighted by Gasteiger charge is -2.04. The van der Waals surface area contributed by atoms with Crippen molar-refractivity contribution in [2.24, 2.45) is 0 Å². The smallest absolute Gasteiger partial charge is 0.337 e. The standard InChI is InChI=1S/C18H14N2OS.ClH/c1-11-16(21)14-10-6-5-9-13(14)15-17(11)22-18(20-15)19-12-7-3-2-4-8-12;/h2-10,21H,1H3,(H,19,20);1H. The van der Waals surface area contributed by atoms with Crippen molar-refractivity contribution in [3.8, 4) is 5.75 Å². The molecule has 4 rings (SSSR count). The van der Waals surface area contributed by atoms with E-state index in [2.05, 4.69) is 10.3 Å². The summed E-state index contributed by atoms with van der Waals surface area (Å²) in [7, 11) is 0. The van der Waals surface area contributed by atoms with Crippen molar-refractivity contribution in [3.63, 3.8) is 0 Å². The molecular formula is C18H15ClN2OS. The largest absolute Gasteiger partial charge is 1.00 e. The van der Waals surface area contributed by atoms with Crippen molar-refractivity contribution >= 4 is 43.1 Å². The second-order valence-electron chi connectivity index (χ2n) is 5.27. The van der Waals surface area contributed by atoms with Gasteiger partial charge in [0.25, 0.3) is 0 Å². The summed E-state index contributed by atoms with van der Waals surface area (Å²) in [6.45, 7) is 1.96. The van der Waals surface area contributed by atoms with E-state index in [1.165, 1.54) is 0 Å². The van der Waals surface area contributed by atoms with Crippen LogP contribution in [0.1, 0.15) is 5.56 Å². The minimum absolute atomic E-state index is 0. The van der Waals surface area contributed by atoms with Crippen LogP contribution < -0.4 is 22.7 Å². The first-order chi connectivity index (χ1) is 10.7. The fraction of sp³-hybridized carbons (Fsp3) is 0.0556. The molecule has 23 heavy (non-hydrogen) atoms. The van der Waals surface area contributed by atoms with Crippen LogP contribution in [0.25, 0.3) is 21.0 Å². The second kappa shape index (κ2) is 6.07. The molecule has 3 aromatic carbocycles. The van der Waals surface area contributed by atoms with Gasteiger partial charge in [-0.25, -0.2) is 10.3 Å². The maximum Gasteiger partial charge on any atom is 0.337 e. The molecule has 0 unspecified atom stereocenters. The van der Waals surface area contributed by atoms with Gasteiger partial charge in [-0.1, -0.05) is 36.4 Å². The van der Waals surface area contributed by atoms with Crippen molar-refractivity contribution < 1.29 is 22.5 Å². The lowest BCUT2D eigenvalue weighted by atomic mass is 10.0. The van der Waals surface area contributed by atoms with Crippen LogP contribution in [0.5, 0.6) is 5.75 Å². The van der Waals surface area contributed by atoms with Crippen molar-refractivity contribution in [3.05, 3.63) is 60.2 Å². The number of rotatable bonds is 2. The first-order valence-electron chi connectivity index (χ1n) is 7.12. The Morgan fingerprint density at radius 2 is 1.61 bits per heavy atom. The van der Waals surface area contributed by atoms with Gasteiger partial charge in [0.2, 0.25) is 0 Å². The Morgan fingerprint density at radius 3 is 2.35 bits per heavy atom. The Labute approximate surface area is 144 Å². The molecule has 0 atom stereocenters. The molecule has 0 saturated carbocycles. The first-order valence-corrected chi connectivity index (χ1v) is 7.94. The Bertz CT molecular complexity index is 983. The van der Waals surface area contributed by atoms with Gasteiger partial charge in [0.1, 0.15) is 11.4 Å². The van der Waals surface area contributed by atoms with E-state index in [1.807, 2.05) is 61.5 Å². The van der Waals surface area contributed by atoms with Gasteiger partial charge in [-0.2, -0.15) is 0 Å². The molecule has 116 valence electrons. The molecule has 0 aliphatic heterocycles. The van der Waals surface area contributed by atoms with Crippen molar-refractivity contribution in [1.82, 2.24) is 0 Å². The number of para-hydroxylation sites is 1. The first kappa shape index (κ1) is 15.6. The van der Waals surface area contributed by atoms with Crippen LogP contribution in [0, 0.1) is 6.92 Å². The zero-order chi connectivity index (χ0) is 15.1. The van der Waals surface area contributed by atoms with E-state index in [4.69, 9.17) is 0 Å². The van der Waals surface area contributed by atoms with E-state index < -0.39 is 0 Å². The summed E-state index contributed by atoms with van der Waals surface area (Å²) in [4.78, 5) is 3.45. The second-order valence-corrected chi connectivity index (χ2v) is 6.29. The highest BCUT2D eigenvalue weighted by molar-refractivity contribution is 7.22. The third kappa shape index (κ3) is 2.60. The fourth-order valence-corrected chi connectivity index (χ4v) is 3.77. The highest BCUT2D eigenvalue weighted by Crippen LogP contribution is 2.39. The summed E-state index contributed by atoms with van der Waals surface area (Å²) in [5.74, 6) is 0.365. The van der Waals surface area contributed by atoms with E-state index in [9.17, 15) is 5.11 Å². The number of thiazole rings is 1. The fourth-order valence-electron chi connectivity index (χ4n) is 2.73. The summed E-state index contributed by atoms with van der Waals surface area (Å²) >= 11 is 1.62. The number of hydrogen-bond donors (Lipinski definition) is 2. The number of aromatic hydroxyl groups is 1. The average molecular weight is 343 g/mol. The number of H-pyrrole nitrogens is 1. The van der Waals surface area contributed by atoms with Gasteiger partial charge in [-0.3, -0.25) is 0 Å². The Hall–Kier alpha value is -2.30. The van der Waals surface area contributed by atoms with Gasteiger partial charge in [-0.15, -0.1) is 0 Å². The Balaban J connectivity index is 0.00000156. The highest BCUT2D eigenvalue weighted by Gasteiger charge is 2.18. The lowest BCUT2D eigenvalue weighted by Crippen LogP contribution is -3.00. The molecule has 0 fully saturated rings. The van der Waals surface area contributed by atoms with Gasteiger partial charge in [0.15, 0.2) is 5.52 Å². The number of aryl methyl sites for hydroxylation is 1. The summed E-state index contributed by atoms with van der Waals surface area (Å²) < 4.78 is 1.08. The van der Waals surface area contributed by atoms with E-state index >= 15 is 0 Å². The monoisotopic (exact) mass is 342 g/mol. The molecule has 0 amide bonds. The summed E-state index contributed by atoms with van der Waals surface area (Å²) in [6.07, 6.45) is 0. The SMILES string of the molecule is Cc1c(O)c2ccccc2c2[nH+]c(Nc3ccccc3)sc12.[Cl-]. The van der Waals surface area contributed by atoms with Crippen LogP contribution in [-0.2, 0) is 0 Å². The molecule has 1 heterocycles. The Kier molecular flexibility index (Phi) is 4.11. The van der Waals surface area contributed by atoms with Crippen LogP contribution >= 0.6 is 11.3 Å². The molecule has 1 aromatic heterocycles. The lowest BCUT2D eigenvalue weighted by molar-refractivity contribution is -0.320. The average Bonchev–Trinajstić information content (AvgIpc) is 2.98. The number of aromatic amines is 1. The quantitative estimate of drug-likeness (QED) is 0.581. The van der Waals surface area contributed by atoms with Crippen molar-refractivity contribution in [2.75, 3.05) is 5.32 Å². The van der Waals surface area contributed by atoms with E-state index in [1.54, 1.807) is 11.3 Å². The minimum Gasteiger partial charge on any atom is -1.00 e. The molecule has 0 aliphatic carbocycles. The molecule has 0 bridgehead atoms. The topological polar surface area (TPSA) is 46.4 Å². The van der Waals surface area contributed by atoms with E-state index in [-0.39, 0.29) is 12.4 Å². The Morgan fingerprint density at radius 1 is 0.957 bits per heavy atom. The van der Waals surface area contributed by atoms with Crippen LogP contribution in [-0.4, -0.2) is 5.11 Å². The molecule has 0 radical (unpaired) electrons. The van der Waals surface area contributed by atoms with E-state index in [0.717, 1.165) is 37.4 Å². The molecular weight excluding hydrogens is 328 g/mol. The van der Waals surface area contributed by atoms with Gasteiger partial charge < -0.3 is 17.5 Å². The van der Waals surface area contributed by atoms with Crippen molar-refractivity contribution in [2.45, 2.75) is 6.92 Å². The molecule has 0 saturated heterocycles. The van der Waals surface area contributed by atoms with Gasteiger partial charge in [-0.05, 0) is 36.5 Å². The molecule has 5 heteroatoms. The van der Waals surface area contributed by atoms with Crippen LogP contribution in [0.4, 0.5) is 10.8 Å². The third-order valence-corrected chi connectivity index (χ3v) is 4.97. The number of nitrogens with one attached hydrogen (secondary N) is 2. The molecule has 0 spiro atoms. The van der Waals surface area contributed by atoms with Crippen LogP contribution in [0.3, 0.4) is 0 Å². The zero-order valence-electron chi connectivity index (χ0n) is 12.4. The van der Waals surface area contributed by atoms with Crippen LogP contribution in [0.2, 0.25) is 0 Å². The third-order valence-electron chi connectivity index (χ3n) is 3.85. The number of anilines is 2. The highest BCUT2D eigenvalue weighted by atomic mass is 35.5. The maximum atomic E-state index is 10.4. The van der Waals surface area contributed by atoms with Gasteiger partial charge in [0.05, 0.1) is 4.70 Å². The number of phenolic OH excluding ortho intramolecular Hbond substituents is 1. The predicted molar refractivity (Wildman–Crippen MR) is 92.0 cm³/mol. The number of halogens is 1. The molecule has 3 nitrogen and oxygen atoms in total.